The fourth-order valence-corrected chi connectivity index (χ4v) is 3.51. The minimum atomic E-state index is 0.983. The molecule has 0 fully saturated rings. The average molecular weight is 277 g/mol. The SMILES string of the molecule is C=Cc1c(C)c2c(c(C)c1-c1ccc(C)cc1)CCNC2. The van der Waals surface area contributed by atoms with E-state index in [2.05, 4.69) is 56.9 Å². The van der Waals surface area contributed by atoms with E-state index in [-0.39, 0.29) is 0 Å². The van der Waals surface area contributed by atoms with Gasteiger partial charge in [0.2, 0.25) is 0 Å². The van der Waals surface area contributed by atoms with Crippen molar-refractivity contribution in [2.45, 2.75) is 33.7 Å². The van der Waals surface area contributed by atoms with Crippen LogP contribution < -0.4 is 5.32 Å². The monoisotopic (exact) mass is 277 g/mol. The Hall–Kier alpha value is -1.86. The second-order valence-electron chi connectivity index (χ2n) is 5.99. The molecule has 0 aromatic heterocycles. The van der Waals surface area contributed by atoms with E-state index in [0.29, 0.717) is 0 Å². The van der Waals surface area contributed by atoms with Crippen LogP contribution in [-0.2, 0) is 13.0 Å². The molecule has 21 heavy (non-hydrogen) atoms. The third-order valence-electron chi connectivity index (χ3n) is 4.72. The summed E-state index contributed by atoms with van der Waals surface area (Å²) in [6.07, 6.45) is 3.14. The Morgan fingerprint density at radius 1 is 1.00 bits per heavy atom. The lowest BCUT2D eigenvalue weighted by atomic mass is 9.82. The maximum Gasteiger partial charge on any atom is 0.0211 e. The summed E-state index contributed by atoms with van der Waals surface area (Å²) in [5.74, 6) is 0. The largest absolute Gasteiger partial charge is 0.312 e. The number of nitrogens with one attached hydrogen (secondary N) is 1. The number of fused-ring (bicyclic) bond motifs is 1. The molecular formula is C20H23N. The van der Waals surface area contributed by atoms with Crippen LogP contribution in [0.15, 0.2) is 30.8 Å². The van der Waals surface area contributed by atoms with Crippen LogP contribution in [0.3, 0.4) is 0 Å². The fraction of sp³-hybridized carbons (Fsp3) is 0.300. The zero-order valence-electron chi connectivity index (χ0n) is 13.2. The van der Waals surface area contributed by atoms with Crippen LogP contribution in [0.25, 0.3) is 17.2 Å². The molecule has 2 aromatic carbocycles. The number of benzene rings is 2. The molecule has 1 aliphatic heterocycles. The molecular weight excluding hydrogens is 254 g/mol. The number of hydrogen-bond acceptors (Lipinski definition) is 1. The Morgan fingerprint density at radius 3 is 2.38 bits per heavy atom. The minimum absolute atomic E-state index is 0.983. The van der Waals surface area contributed by atoms with E-state index in [9.17, 15) is 0 Å². The van der Waals surface area contributed by atoms with Crippen LogP contribution >= 0.6 is 0 Å². The van der Waals surface area contributed by atoms with Crippen molar-refractivity contribution in [3.8, 4) is 11.1 Å². The molecule has 0 amide bonds. The lowest BCUT2D eigenvalue weighted by Gasteiger charge is -2.26. The predicted molar refractivity (Wildman–Crippen MR) is 91.6 cm³/mol. The highest BCUT2D eigenvalue weighted by atomic mass is 14.9. The van der Waals surface area contributed by atoms with Crippen LogP contribution in [-0.4, -0.2) is 6.54 Å². The Balaban J connectivity index is 2.31. The Morgan fingerprint density at radius 2 is 1.71 bits per heavy atom. The van der Waals surface area contributed by atoms with Gasteiger partial charge in [0.25, 0.3) is 0 Å². The van der Waals surface area contributed by atoms with Crippen molar-refractivity contribution in [2.24, 2.45) is 0 Å². The molecule has 0 unspecified atom stereocenters. The van der Waals surface area contributed by atoms with E-state index in [4.69, 9.17) is 0 Å². The lowest BCUT2D eigenvalue weighted by Crippen LogP contribution is -2.26. The Kier molecular flexibility index (Phi) is 3.69. The number of aryl methyl sites for hydroxylation is 1. The topological polar surface area (TPSA) is 12.0 Å². The van der Waals surface area contributed by atoms with E-state index in [1.165, 1.54) is 44.5 Å². The summed E-state index contributed by atoms with van der Waals surface area (Å²) in [6.45, 7) is 12.8. The van der Waals surface area contributed by atoms with E-state index in [1.54, 1.807) is 0 Å². The maximum atomic E-state index is 4.07. The molecule has 1 nitrogen and oxygen atoms in total. The van der Waals surface area contributed by atoms with Gasteiger partial charge in [0.15, 0.2) is 0 Å². The van der Waals surface area contributed by atoms with Crippen molar-refractivity contribution in [3.63, 3.8) is 0 Å². The van der Waals surface area contributed by atoms with Crippen LogP contribution in [0.5, 0.6) is 0 Å². The van der Waals surface area contributed by atoms with Crippen molar-refractivity contribution < 1.29 is 0 Å². The lowest BCUT2D eigenvalue weighted by molar-refractivity contribution is 0.638. The van der Waals surface area contributed by atoms with Crippen LogP contribution in [0, 0.1) is 20.8 Å². The first kappa shape index (κ1) is 14.1. The second-order valence-corrected chi connectivity index (χ2v) is 5.99. The third kappa shape index (κ3) is 2.32. The molecule has 1 heterocycles. The molecule has 3 rings (SSSR count). The molecule has 0 saturated heterocycles. The quantitative estimate of drug-likeness (QED) is 0.848. The third-order valence-corrected chi connectivity index (χ3v) is 4.72. The molecule has 2 aromatic rings. The smallest absolute Gasteiger partial charge is 0.0211 e. The number of rotatable bonds is 2. The minimum Gasteiger partial charge on any atom is -0.312 e. The van der Waals surface area contributed by atoms with Gasteiger partial charge in [-0.15, -0.1) is 0 Å². The standard InChI is InChI=1S/C20H23N/c1-5-17-14(3)19-12-21-11-10-18(19)15(4)20(17)16-8-6-13(2)7-9-16/h5-9,21H,1,10-12H2,2-4H3. The van der Waals surface area contributed by atoms with Gasteiger partial charge in [0.1, 0.15) is 0 Å². The first-order chi connectivity index (χ1) is 10.1. The summed E-state index contributed by atoms with van der Waals surface area (Å²) in [7, 11) is 0. The van der Waals surface area contributed by atoms with Gasteiger partial charge >= 0.3 is 0 Å². The van der Waals surface area contributed by atoms with Gasteiger partial charge in [-0.1, -0.05) is 42.5 Å². The molecule has 0 radical (unpaired) electrons. The van der Waals surface area contributed by atoms with E-state index >= 15 is 0 Å². The van der Waals surface area contributed by atoms with Gasteiger partial charge in [-0.05, 0) is 72.7 Å². The molecule has 1 aliphatic rings. The van der Waals surface area contributed by atoms with Gasteiger partial charge in [-0.25, -0.2) is 0 Å². The van der Waals surface area contributed by atoms with Crippen molar-refractivity contribution in [3.05, 3.63) is 64.2 Å². The summed E-state index contributed by atoms with van der Waals surface area (Å²) in [6, 6.07) is 8.85. The molecule has 1 heteroatoms. The van der Waals surface area contributed by atoms with Crippen LogP contribution in [0.1, 0.15) is 33.4 Å². The molecule has 108 valence electrons. The first-order valence-corrected chi connectivity index (χ1v) is 7.68. The van der Waals surface area contributed by atoms with Crippen molar-refractivity contribution >= 4 is 6.08 Å². The molecule has 0 bridgehead atoms. The van der Waals surface area contributed by atoms with E-state index in [0.717, 1.165) is 19.5 Å². The first-order valence-electron chi connectivity index (χ1n) is 7.68. The average Bonchev–Trinajstić information content (AvgIpc) is 2.52. The highest BCUT2D eigenvalue weighted by Gasteiger charge is 2.20. The summed E-state index contributed by atoms with van der Waals surface area (Å²) in [5.41, 5.74) is 11.1. The van der Waals surface area contributed by atoms with Crippen molar-refractivity contribution in [1.82, 2.24) is 5.32 Å². The number of hydrogen-bond donors (Lipinski definition) is 1. The summed E-state index contributed by atoms with van der Waals surface area (Å²) in [5, 5.41) is 3.49. The van der Waals surface area contributed by atoms with E-state index < -0.39 is 0 Å². The maximum absolute atomic E-state index is 4.07. The van der Waals surface area contributed by atoms with Crippen molar-refractivity contribution in [2.75, 3.05) is 6.54 Å². The predicted octanol–water partition coefficient (Wildman–Crippen LogP) is 4.57. The molecule has 0 atom stereocenters. The van der Waals surface area contributed by atoms with Crippen LogP contribution in [0.4, 0.5) is 0 Å². The zero-order chi connectivity index (χ0) is 15.0. The highest BCUT2D eigenvalue weighted by Crippen LogP contribution is 2.37. The second kappa shape index (κ2) is 5.50. The molecule has 0 aliphatic carbocycles. The summed E-state index contributed by atoms with van der Waals surface area (Å²) >= 11 is 0. The van der Waals surface area contributed by atoms with Gasteiger partial charge in [0, 0.05) is 6.54 Å². The highest BCUT2D eigenvalue weighted by molar-refractivity contribution is 5.81. The van der Waals surface area contributed by atoms with Gasteiger partial charge in [0.05, 0.1) is 0 Å². The Bertz CT molecular complexity index is 693. The molecule has 0 spiro atoms. The Labute approximate surface area is 127 Å². The van der Waals surface area contributed by atoms with Crippen LogP contribution in [0.2, 0.25) is 0 Å². The van der Waals surface area contributed by atoms with E-state index in [1.807, 2.05) is 6.08 Å². The fourth-order valence-electron chi connectivity index (χ4n) is 3.51. The summed E-state index contributed by atoms with van der Waals surface area (Å²) in [4.78, 5) is 0. The van der Waals surface area contributed by atoms with Gasteiger partial charge in [-0.2, -0.15) is 0 Å². The molecule has 1 N–H and O–H groups in total. The van der Waals surface area contributed by atoms with Crippen molar-refractivity contribution in [1.29, 1.82) is 0 Å². The summed E-state index contributed by atoms with van der Waals surface area (Å²) < 4.78 is 0. The molecule has 0 saturated carbocycles. The zero-order valence-corrected chi connectivity index (χ0v) is 13.2. The van der Waals surface area contributed by atoms with Gasteiger partial charge < -0.3 is 5.32 Å². The normalized spacial score (nSPS) is 13.9. The van der Waals surface area contributed by atoms with Gasteiger partial charge in [-0.3, -0.25) is 0 Å².